The molecule has 0 radical (unpaired) electrons. The average molecular weight is 326 g/mol. The van der Waals surface area contributed by atoms with Gasteiger partial charge in [-0.2, -0.15) is 0 Å². The molecule has 1 aliphatic rings. The smallest absolute Gasteiger partial charge is 0.407 e. The Bertz CT molecular complexity index is 656. The molecule has 1 amide bonds. The number of carboxylic acid groups (broad SMARTS) is 1. The highest BCUT2D eigenvalue weighted by Gasteiger charge is 2.33. The molecule has 19 heavy (non-hydrogen) atoms. The topological polar surface area (TPSA) is 96.8 Å². The Morgan fingerprint density at radius 1 is 1.58 bits per heavy atom. The molecule has 1 aliphatic heterocycles. The molecule has 1 atom stereocenters. The van der Waals surface area contributed by atoms with Gasteiger partial charge in [-0.3, -0.25) is 9.30 Å². The Kier molecular flexibility index (Phi) is 2.81. The van der Waals surface area contributed by atoms with E-state index in [2.05, 4.69) is 25.9 Å². The molecule has 0 spiro atoms. The highest BCUT2D eigenvalue weighted by Crippen LogP contribution is 2.34. The van der Waals surface area contributed by atoms with Crippen LogP contribution in [0.5, 0.6) is 0 Å². The van der Waals surface area contributed by atoms with Crippen LogP contribution in [0.3, 0.4) is 0 Å². The second-order valence-corrected chi connectivity index (χ2v) is 5.18. The summed E-state index contributed by atoms with van der Waals surface area (Å²) in [5, 5.41) is 9.22. The SMILES string of the molecule is Nc1nccn2c(C3CCCN3C(=O)O)nc(Br)c12. The van der Waals surface area contributed by atoms with Gasteiger partial charge in [0.1, 0.15) is 15.9 Å². The van der Waals surface area contributed by atoms with E-state index in [9.17, 15) is 9.90 Å². The van der Waals surface area contributed by atoms with Crippen molar-refractivity contribution in [3.63, 3.8) is 0 Å². The number of fused-ring (bicyclic) bond motifs is 1. The van der Waals surface area contributed by atoms with Crippen LogP contribution in [0.15, 0.2) is 17.0 Å². The molecular formula is C11H12BrN5O2. The first-order valence-corrected chi connectivity index (χ1v) is 6.66. The van der Waals surface area contributed by atoms with Crippen LogP contribution in [0, 0.1) is 0 Å². The number of carbonyl (C=O) groups is 1. The van der Waals surface area contributed by atoms with Gasteiger partial charge in [0.25, 0.3) is 0 Å². The van der Waals surface area contributed by atoms with Crippen LogP contribution in [0.25, 0.3) is 5.52 Å². The second-order valence-electron chi connectivity index (χ2n) is 4.43. The molecule has 0 aliphatic carbocycles. The Hall–Kier alpha value is -1.83. The first-order valence-electron chi connectivity index (χ1n) is 5.87. The maximum Gasteiger partial charge on any atom is 0.407 e. The van der Waals surface area contributed by atoms with Gasteiger partial charge in [-0.25, -0.2) is 14.8 Å². The quantitative estimate of drug-likeness (QED) is 0.834. The minimum absolute atomic E-state index is 0.238. The molecule has 1 unspecified atom stereocenters. The third kappa shape index (κ3) is 1.83. The number of amides is 1. The number of rotatable bonds is 1. The number of anilines is 1. The zero-order valence-corrected chi connectivity index (χ0v) is 11.5. The standard InChI is InChI=1S/C11H12BrN5O2/c12-8-7-9(13)14-3-5-17(7)10(15-8)6-2-1-4-16(6)11(18)19/h3,5-6H,1-2,4H2,(H2,13,14)(H,18,19). The van der Waals surface area contributed by atoms with E-state index in [1.807, 2.05) is 0 Å². The van der Waals surface area contributed by atoms with Gasteiger partial charge in [0.15, 0.2) is 5.82 Å². The Morgan fingerprint density at radius 3 is 3.11 bits per heavy atom. The summed E-state index contributed by atoms with van der Waals surface area (Å²) in [4.78, 5) is 21.1. The van der Waals surface area contributed by atoms with E-state index in [1.54, 1.807) is 16.8 Å². The molecule has 0 aromatic carbocycles. The van der Waals surface area contributed by atoms with Gasteiger partial charge in [-0.1, -0.05) is 0 Å². The monoisotopic (exact) mass is 325 g/mol. The van der Waals surface area contributed by atoms with Crippen molar-refractivity contribution in [2.45, 2.75) is 18.9 Å². The minimum atomic E-state index is -0.919. The maximum atomic E-state index is 11.2. The summed E-state index contributed by atoms with van der Waals surface area (Å²) in [6, 6.07) is -0.238. The molecule has 3 N–H and O–H groups in total. The van der Waals surface area contributed by atoms with Crippen LogP contribution in [0.2, 0.25) is 0 Å². The summed E-state index contributed by atoms with van der Waals surface area (Å²) in [5.74, 6) is 1.05. The van der Waals surface area contributed by atoms with Gasteiger partial charge in [0.05, 0.1) is 6.04 Å². The van der Waals surface area contributed by atoms with Gasteiger partial charge >= 0.3 is 6.09 Å². The largest absolute Gasteiger partial charge is 0.465 e. The van der Waals surface area contributed by atoms with E-state index < -0.39 is 6.09 Å². The first-order chi connectivity index (χ1) is 9.09. The van der Waals surface area contributed by atoms with Crippen LogP contribution < -0.4 is 5.73 Å². The number of hydrogen-bond donors (Lipinski definition) is 2. The fourth-order valence-electron chi connectivity index (χ4n) is 2.54. The lowest BCUT2D eigenvalue weighted by Crippen LogP contribution is -2.29. The highest BCUT2D eigenvalue weighted by atomic mass is 79.9. The first kappa shape index (κ1) is 12.2. The zero-order valence-electron chi connectivity index (χ0n) is 9.95. The lowest BCUT2D eigenvalue weighted by molar-refractivity contribution is 0.138. The molecule has 0 bridgehead atoms. The second kappa shape index (κ2) is 4.37. The van der Waals surface area contributed by atoms with Gasteiger partial charge in [0.2, 0.25) is 0 Å². The van der Waals surface area contributed by atoms with Crippen LogP contribution in [0.1, 0.15) is 24.7 Å². The number of halogens is 1. The van der Waals surface area contributed by atoms with Gasteiger partial charge < -0.3 is 10.8 Å². The van der Waals surface area contributed by atoms with E-state index in [4.69, 9.17) is 5.73 Å². The predicted octanol–water partition coefficient (Wildman–Crippen LogP) is 1.89. The number of hydrogen-bond acceptors (Lipinski definition) is 4. The fraction of sp³-hybridized carbons (Fsp3) is 0.364. The van der Waals surface area contributed by atoms with Gasteiger partial charge in [0, 0.05) is 18.9 Å². The predicted molar refractivity (Wildman–Crippen MR) is 71.8 cm³/mol. The van der Waals surface area contributed by atoms with Crippen molar-refractivity contribution in [3.05, 3.63) is 22.8 Å². The summed E-state index contributed by atoms with van der Waals surface area (Å²) < 4.78 is 2.39. The number of aromatic nitrogens is 3. The van der Waals surface area contributed by atoms with E-state index in [0.717, 1.165) is 12.8 Å². The van der Waals surface area contributed by atoms with Crippen molar-refractivity contribution >= 4 is 33.4 Å². The molecule has 3 rings (SSSR count). The van der Waals surface area contributed by atoms with Crippen molar-refractivity contribution in [3.8, 4) is 0 Å². The van der Waals surface area contributed by atoms with Crippen molar-refractivity contribution in [1.82, 2.24) is 19.3 Å². The van der Waals surface area contributed by atoms with Crippen LogP contribution in [-0.2, 0) is 0 Å². The Balaban J connectivity index is 2.16. The molecule has 1 saturated heterocycles. The van der Waals surface area contributed by atoms with Crippen LogP contribution in [-0.4, -0.2) is 37.0 Å². The molecule has 2 aromatic rings. The van der Waals surface area contributed by atoms with Gasteiger partial charge in [-0.05, 0) is 28.8 Å². The van der Waals surface area contributed by atoms with E-state index in [-0.39, 0.29) is 6.04 Å². The Morgan fingerprint density at radius 2 is 2.37 bits per heavy atom. The van der Waals surface area contributed by atoms with Crippen molar-refractivity contribution in [2.24, 2.45) is 0 Å². The normalized spacial score (nSPS) is 19.2. The third-order valence-corrected chi connectivity index (χ3v) is 3.92. The summed E-state index contributed by atoms with van der Waals surface area (Å²) in [6.07, 6.45) is 4.01. The highest BCUT2D eigenvalue weighted by molar-refractivity contribution is 9.10. The number of likely N-dealkylation sites (tertiary alicyclic amines) is 1. The number of imidazole rings is 1. The summed E-state index contributed by atoms with van der Waals surface area (Å²) >= 11 is 3.35. The third-order valence-electron chi connectivity index (χ3n) is 3.36. The lowest BCUT2D eigenvalue weighted by atomic mass is 10.2. The fourth-order valence-corrected chi connectivity index (χ4v) is 3.12. The van der Waals surface area contributed by atoms with Crippen molar-refractivity contribution < 1.29 is 9.90 Å². The van der Waals surface area contributed by atoms with Crippen molar-refractivity contribution in [1.29, 1.82) is 0 Å². The van der Waals surface area contributed by atoms with E-state index >= 15 is 0 Å². The lowest BCUT2D eigenvalue weighted by Gasteiger charge is -2.20. The summed E-state index contributed by atoms with van der Waals surface area (Å²) in [7, 11) is 0. The minimum Gasteiger partial charge on any atom is -0.465 e. The van der Waals surface area contributed by atoms with Gasteiger partial charge in [-0.15, -0.1) is 0 Å². The average Bonchev–Trinajstić information content (AvgIpc) is 2.94. The maximum absolute atomic E-state index is 11.2. The molecule has 7 nitrogen and oxygen atoms in total. The zero-order chi connectivity index (χ0) is 13.6. The van der Waals surface area contributed by atoms with Crippen molar-refractivity contribution in [2.75, 3.05) is 12.3 Å². The number of nitrogens with two attached hydrogens (primary N) is 1. The molecule has 8 heteroatoms. The van der Waals surface area contributed by atoms with E-state index in [0.29, 0.717) is 28.3 Å². The number of nitrogens with zero attached hydrogens (tertiary/aromatic N) is 4. The summed E-state index contributed by atoms with van der Waals surface area (Å²) in [5.41, 5.74) is 6.51. The molecule has 2 aromatic heterocycles. The molecule has 100 valence electrons. The van der Waals surface area contributed by atoms with E-state index in [1.165, 1.54) is 4.90 Å². The Labute approximate surface area is 117 Å². The molecular weight excluding hydrogens is 314 g/mol. The van der Waals surface area contributed by atoms with Crippen LogP contribution in [0.4, 0.5) is 10.6 Å². The van der Waals surface area contributed by atoms with Crippen LogP contribution >= 0.6 is 15.9 Å². The molecule has 0 saturated carbocycles. The number of nitrogen functional groups attached to an aromatic ring is 1. The molecule has 3 heterocycles. The molecule has 1 fully saturated rings. The summed E-state index contributed by atoms with van der Waals surface area (Å²) in [6.45, 7) is 0.535.